The molecule has 1 N–H and O–H groups in total. The zero-order valence-corrected chi connectivity index (χ0v) is 15.5. The molecule has 2 rings (SSSR count). The zero-order chi connectivity index (χ0) is 19.6. The van der Waals surface area contributed by atoms with Crippen molar-refractivity contribution in [2.45, 2.75) is 11.8 Å². The second-order valence-electron chi connectivity index (χ2n) is 5.19. The topological polar surface area (TPSA) is 118 Å². The fourth-order valence-corrected chi connectivity index (χ4v) is 4.33. The molecule has 0 aliphatic rings. The van der Waals surface area contributed by atoms with Crippen molar-refractivity contribution in [2.24, 2.45) is 0 Å². The summed E-state index contributed by atoms with van der Waals surface area (Å²) in [5, 5.41) is 20.0. The molecule has 0 bridgehead atoms. The lowest BCUT2D eigenvalue weighted by atomic mass is 10.2. The van der Waals surface area contributed by atoms with E-state index in [1.807, 2.05) is 0 Å². The molecule has 0 radical (unpaired) electrons. The molecule has 2 aromatic carbocycles. The second-order valence-corrected chi connectivity index (χ2v) is 7.80. The summed E-state index contributed by atoms with van der Waals surface area (Å²) in [5.41, 5.74) is -0.377. The SMILES string of the molecule is Cc1ccc([N+](=O)[O-])cc1S(=O)(=O)N(CC(=O)O)c1cccc(Cl)c1Cl. The maximum Gasteiger partial charge on any atom is 0.324 e. The molecule has 0 aliphatic carbocycles. The van der Waals surface area contributed by atoms with Gasteiger partial charge in [0.2, 0.25) is 0 Å². The highest BCUT2D eigenvalue weighted by Crippen LogP contribution is 2.36. The standard InChI is InChI=1S/C15H12Cl2N2O6S/c1-9-5-6-10(19(22)23)7-13(9)26(24,25)18(8-14(20)21)12-4-2-3-11(16)15(12)17/h2-7H,8H2,1H3,(H,20,21). The number of halogens is 2. The predicted molar refractivity (Wildman–Crippen MR) is 96.5 cm³/mol. The summed E-state index contributed by atoms with van der Waals surface area (Å²) in [6, 6.07) is 7.41. The first-order chi connectivity index (χ1) is 12.1. The van der Waals surface area contributed by atoms with E-state index in [-0.39, 0.29) is 21.3 Å². The summed E-state index contributed by atoms with van der Waals surface area (Å²) in [5.74, 6) is -1.44. The van der Waals surface area contributed by atoms with Gasteiger partial charge in [0, 0.05) is 12.1 Å². The second kappa shape index (κ2) is 7.48. The van der Waals surface area contributed by atoms with Crippen molar-refractivity contribution in [1.29, 1.82) is 0 Å². The van der Waals surface area contributed by atoms with Crippen LogP contribution in [0.3, 0.4) is 0 Å². The molecule has 0 fully saturated rings. The van der Waals surface area contributed by atoms with Crippen LogP contribution >= 0.6 is 23.2 Å². The fraction of sp³-hybridized carbons (Fsp3) is 0.133. The van der Waals surface area contributed by atoms with Crippen LogP contribution in [0.1, 0.15) is 5.56 Å². The number of rotatable bonds is 6. The van der Waals surface area contributed by atoms with Gasteiger partial charge in [0.25, 0.3) is 15.7 Å². The number of carbonyl (C=O) groups is 1. The minimum atomic E-state index is -4.47. The van der Waals surface area contributed by atoms with E-state index in [4.69, 9.17) is 28.3 Å². The average Bonchev–Trinajstić information content (AvgIpc) is 2.55. The highest BCUT2D eigenvalue weighted by atomic mass is 35.5. The van der Waals surface area contributed by atoms with Gasteiger partial charge in [0.1, 0.15) is 6.54 Å². The van der Waals surface area contributed by atoms with Crippen molar-refractivity contribution in [3.8, 4) is 0 Å². The predicted octanol–water partition coefficient (Wildman–Crippen LogP) is 3.49. The molecule has 8 nitrogen and oxygen atoms in total. The molecule has 0 heterocycles. The van der Waals surface area contributed by atoms with Crippen LogP contribution in [0.5, 0.6) is 0 Å². The number of nitrogens with zero attached hydrogens (tertiary/aromatic N) is 2. The Hall–Kier alpha value is -2.36. The number of hydrogen-bond acceptors (Lipinski definition) is 5. The fourth-order valence-electron chi connectivity index (χ4n) is 2.21. The summed E-state index contributed by atoms with van der Waals surface area (Å²) in [6.45, 7) is 0.500. The van der Waals surface area contributed by atoms with Gasteiger partial charge in [0.05, 0.1) is 25.6 Å². The highest BCUT2D eigenvalue weighted by molar-refractivity contribution is 7.93. The van der Waals surface area contributed by atoms with Gasteiger partial charge in [0.15, 0.2) is 0 Å². The third-order valence-corrected chi connectivity index (χ3v) is 6.14. The molecule has 0 atom stereocenters. The third kappa shape index (κ3) is 3.90. The Morgan fingerprint density at radius 2 is 1.92 bits per heavy atom. The summed E-state index contributed by atoms with van der Waals surface area (Å²) in [4.78, 5) is 21.1. The van der Waals surface area contributed by atoms with Crippen LogP contribution in [0.25, 0.3) is 0 Å². The number of non-ortho nitro benzene ring substituents is 1. The maximum absolute atomic E-state index is 13.1. The molecule has 2 aromatic rings. The number of aliphatic carboxylic acids is 1. The van der Waals surface area contributed by atoms with Crippen LogP contribution in [-0.2, 0) is 14.8 Å². The molecular weight excluding hydrogens is 407 g/mol. The first-order valence-corrected chi connectivity index (χ1v) is 9.19. The highest BCUT2D eigenvalue weighted by Gasteiger charge is 2.31. The quantitative estimate of drug-likeness (QED) is 0.566. The average molecular weight is 419 g/mol. The monoisotopic (exact) mass is 418 g/mol. The van der Waals surface area contributed by atoms with Crippen LogP contribution in [0.2, 0.25) is 10.0 Å². The molecule has 0 amide bonds. The van der Waals surface area contributed by atoms with E-state index in [9.17, 15) is 23.3 Å². The molecular formula is C15H12Cl2N2O6S. The number of anilines is 1. The smallest absolute Gasteiger partial charge is 0.324 e. The Balaban J connectivity index is 2.72. The molecule has 0 saturated carbocycles. The Morgan fingerprint density at radius 1 is 1.27 bits per heavy atom. The first kappa shape index (κ1) is 20.0. The number of carboxylic acid groups (broad SMARTS) is 1. The van der Waals surface area contributed by atoms with E-state index in [1.165, 1.54) is 31.2 Å². The summed E-state index contributed by atoms with van der Waals surface area (Å²) < 4.78 is 26.7. The molecule has 0 unspecified atom stereocenters. The Morgan fingerprint density at radius 3 is 2.50 bits per heavy atom. The molecule has 26 heavy (non-hydrogen) atoms. The number of aryl methyl sites for hydroxylation is 1. The lowest BCUT2D eigenvalue weighted by Gasteiger charge is -2.24. The van der Waals surface area contributed by atoms with Gasteiger partial charge >= 0.3 is 5.97 Å². The molecule has 138 valence electrons. The lowest BCUT2D eigenvalue weighted by molar-refractivity contribution is -0.385. The molecule has 0 spiro atoms. The molecule has 0 saturated heterocycles. The third-order valence-electron chi connectivity index (χ3n) is 3.43. The van der Waals surface area contributed by atoms with Crippen molar-refractivity contribution < 1.29 is 23.2 Å². The number of benzene rings is 2. The van der Waals surface area contributed by atoms with Crippen molar-refractivity contribution in [3.05, 3.63) is 62.1 Å². The van der Waals surface area contributed by atoms with Gasteiger partial charge < -0.3 is 5.11 Å². The van der Waals surface area contributed by atoms with Gasteiger partial charge in [-0.3, -0.25) is 19.2 Å². The molecule has 0 aliphatic heterocycles. The van der Waals surface area contributed by atoms with Crippen LogP contribution in [0, 0.1) is 17.0 Å². The van der Waals surface area contributed by atoms with Crippen LogP contribution < -0.4 is 4.31 Å². The van der Waals surface area contributed by atoms with E-state index in [0.717, 1.165) is 12.1 Å². The van der Waals surface area contributed by atoms with Gasteiger partial charge in [-0.05, 0) is 24.6 Å². The van der Waals surface area contributed by atoms with Gasteiger partial charge in [-0.15, -0.1) is 0 Å². The van der Waals surface area contributed by atoms with Crippen molar-refractivity contribution in [2.75, 3.05) is 10.8 Å². The minimum Gasteiger partial charge on any atom is -0.480 e. The van der Waals surface area contributed by atoms with Gasteiger partial charge in [-0.25, -0.2) is 8.42 Å². The van der Waals surface area contributed by atoms with Crippen molar-refractivity contribution in [1.82, 2.24) is 0 Å². The number of nitro groups is 1. The van der Waals surface area contributed by atoms with E-state index in [1.54, 1.807) is 0 Å². The summed E-state index contributed by atoms with van der Waals surface area (Å²) >= 11 is 11.9. The normalized spacial score (nSPS) is 11.2. The van der Waals surface area contributed by atoms with E-state index >= 15 is 0 Å². The largest absolute Gasteiger partial charge is 0.480 e. The molecule has 0 aromatic heterocycles. The minimum absolute atomic E-state index is 0.0329. The van der Waals surface area contributed by atoms with Gasteiger partial charge in [-0.1, -0.05) is 35.3 Å². The van der Waals surface area contributed by atoms with Crippen molar-refractivity contribution >= 4 is 50.6 Å². The van der Waals surface area contributed by atoms with Crippen LogP contribution in [-0.4, -0.2) is 31.0 Å². The van der Waals surface area contributed by atoms with E-state index in [2.05, 4.69) is 0 Å². The van der Waals surface area contributed by atoms with Crippen LogP contribution in [0.4, 0.5) is 11.4 Å². The van der Waals surface area contributed by atoms with Gasteiger partial charge in [-0.2, -0.15) is 0 Å². The Labute approximate surface area is 158 Å². The first-order valence-electron chi connectivity index (χ1n) is 6.99. The van der Waals surface area contributed by atoms with Crippen LogP contribution in [0.15, 0.2) is 41.3 Å². The summed E-state index contributed by atoms with van der Waals surface area (Å²) in [6.07, 6.45) is 0. The van der Waals surface area contributed by atoms with E-state index < -0.39 is 38.0 Å². The lowest BCUT2D eigenvalue weighted by Crippen LogP contribution is -2.36. The van der Waals surface area contributed by atoms with Crippen molar-refractivity contribution in [3.63, 3.8) is 0 Å². The number of hydrogen-bond donors (Lipinski definition) is 1. The Kier molecular flexibility index (Phi) is 5.74. The summed E-state index contributed by atoms with van der Waals surface area (Å²) in [7, 11) is -4.47. The number of carboxylic acids is 1. The number of sulfonamides is 1. The number of nitro benzene ring substituents is 1. The maximum atomic E-state index is 13.1. The Bertz CT molecular complexity index is 994. The molecule has 11 heteroatoms. The van der Waals surface area contributed by atoms with E-state index in [0.29, 0.717) is 4.31 Å². The zero-order valence-electron chi connectivity index (χ0n) is 13.2.